The van der Waals surface area contributed by atoms with Crippen LogP contribution < -0.4 is 5.32 Å². The van der Waals surface area contributed by atoms with Crippen molar-refractivity contribution < 1.29 is 17.6 Å². The Morgan fingerprint density at radius 1 is 1.15 bits per heavy atom. The molecular weight excluding hydrogens is 276 g/mol. The zero-order valence-corrected chi connectivity index (χ0v) is 10.3. The van der Waals surface area contributed by atoms with Crippen molar-refractivity contribution in [2.24, 2.45) is 0 Å². The van der Waals surface area contributed by atoms with Gasteiger partial charge in [-0.15, -0.1) is 0 Å². The molecule has 0 saturated heterocycles. The summed E-state index contributed by atoms with van der Waals surface area (Å²) in [5, 5.41) is 12.4. The average Bonchev–Trinajstić information content (AvgIpc) is 2.88. The van der Waals surface area contributed by atoms with E-state index in [1.165, 1.54) is 0 Å². The van der Waals surface area contributed by atoms with Gasteiger partial charge in [0.1, 0.15) is 11.4 Å². The fourth-order valence-corrected chi connectivity index (χ4v) is 1.63. The van der Waals surface area contributed by atoms with Crippen LogP contribution in [0.1, 0.15) is 5.69 Å². The van der Waals surface area contributed by atoms with Gasteiger partial charge in [0.15, 0.2) is 0 Å². The molecule has 2 N–H and O–H groups in total. The summed E-state index contributed by atoms with van der Waals surface area (Å²) in [6.45, 7) is -1.20. The third kappa shape index (κ3) is 3.32. The number of aromatic amines is 1. The van der Waals surface area contributed by atoms with Gasteiger partial charge in [0.2, 0.25) is 0 Å². The SMILES string of the molecule is FC(F)C(F)(F)CNCc1n[nH]nc1-c1ccccc1. The summed E-state index contributed by atoms with van der Waals surface area (Å²) in [5.41, 5.74) is 1.65. The van der Waals surface area contributed by atoms with E-state index in [0.717, 1.165) is 5.56 Å². The van der Waals surface area contributed by atoms with Crippen LogP contribution in [0.25, 0.3) is 11.3 Å². The van der Waals surface area contributed by atoms with Crippen molar-refractivity contribution in [1.29, 1.82) is 0 Å². The topological polar surface area (TPSA) is 53.6 Å². The Balaban J connectivity index is 2.00. The smallest absolute Gasteiger partial charge is 0.305 e. The lowest BCUT2D eigenvalue weighted by atomic mass is 10.1. The molecule has 1 heterocycles. The molecule has 8 heteroatoms. The molecule has 0 spiro atoms. The maximum Gasteiger partial charge on any atom is 0.319 e. The Morgan fingerprint density at radius 3 is 2.50 bits per heavy atom. The molecule has 0 aliphatic heterocycles. The normalized spacial score (nSPS) is 12.1. The van der Waals surface area contributed by atoms with E-state index in [0.29, 0.717) is 11.4 Å². The highest BCUT2D eigenvalue weighted by molar-refractivity contribution is 5.60. The van der Waals surface area contributed by atoms with Gasteiger partial charge >= 0.3 is 12.3 Å². The molecule has 4 nitrogen and oxygen atoms in total. The molecule has 0 bridgehead atoms. The van der Waals surface area contributed by atoms with Crippen LogP contribution in [0.3, 0.4) is 0 Å². The van der Waals surface area contributed by atoms with E-state index >= 15 is 0 Å². The second-order valence-corrected chi connectivity index (χ2v) is 4.15. The van der Waals surface area contributed by atoms with Crippen LogP contribution in [0.5, 0.6) is 0 Å². The summed E-state index contributed by atoms with van der Waals surface area (Å²) in [4.78, 5) is 0. The van der Waals surface area contributed by atoms with Crippen LogP contribution in [0.15, 0.2) is 30.3 Å². The Kier molecular flexibility index (Phi) is 4.33. The summed E-state index contributed by atoms with van der Waals surface area (Å²) < 4.78 is 49.5. The Hall–Kier alpha value is -1.96. The number of rotatable bonds is 6. The van der Waals surface area contributed by atoms with Gasteiger partial charge in [-0.05, 0) is 0 Å². The van der Waals surface area contributed by atoms with Crippen molar-refractivity contribution in [2.45, 2.75) is 18.9 Å². The Bertz CT molecular complexity index is 541. The summed E-state index contributed by atoms with van der Waals surface area (Å²) in [5.74, 6) is -4.06. The lowest BCUT2D eigenvalue weighted by Crippen LogP contribution is -2.38. The minimum Gasteiger partial charge on any atom is -0.305 e. The predicted octanol–water partition coefficient (Wildman–Crippen LogP) is 2.46. The zero-order chi connectivity index (χ0) is 14.6. The van der Waals surface area contributed by atoms with Crippen LogP contribution in [0.4, 0.5) is 17.6 Å². The van der Waals surface area contributed by atoms with E-state index in [9.17, 15) is 17.6 Å². The second kappa shape index (κ2) is 6.00. The maximum absolute atomic E-state index is 12.7. The molecule has 108 valence electrons. The van der Waals surface area contributed by atoms with E-state index in [2.05, 4.69) is 20.7 Å². The molecular formula is C12H12F4N4. The number of aromatic nitrogens is 3. The van der Waals surface area contributed by atoms with E-state index in [1.807, 2.05) is 6.07 Å². The standard InChI is InChI=1S/C12H12F4N4/c13-11(14)12(15,16)7-17-6-9-10(19-20-18-9)8-4-2-1-3-5-8/h1-5,11,17H,6-7H2,(H,18,19,20). The minimum absolute atomic E-state index is 0.0803. The molecule has 0 aliphatic rings. The first-order valence-electron chi connectivity index (χ1n) is 5.82. The number of hydrogen-bond donors (Lipinski definition) is 2. The first-order valence-corrected chi connectivity index (χ1v) is 5.82. The monoisotopic (exact) mass is 288 g/mol. The van der Waals surface area contributed by atoms with Gasteiger partial charge in [-0.1, -0.05) is 30.3 Å². The van der Waals surface area contributed by atoms with Gasteiger partial charge in [-0.3, -0.25) is 0 Å². The highest BCUT2D eigenvalue weighted by Crippen LogP contribution is 2.22. The van der Waals surface area contributed by atoms with Gasteiger partial charge in [0, 0.05) is 12.1 Å². The quantitative estimate of drug-likeness (QED) is 0.803. The molecule has 1 aromatic carbocycles. The van der Waals surface area contributed by atoms with Crippen LogP contribution in [0.2, 0.25) is 0 Å². The molecule has 0 fully saturated rings. The third-order valence-electron chi connectivity index (χ3n) is 2.64. The van der Waals surface area contributed by atoms with E-state index in [1.54, 1.807) is 24.3 Å². The zero-order valence-electron chi connectivity index (χ0n) is 10.3. The molecule has 0 unspecified atom stereocenters. The molecule has 20 heavy (non-hydrogen) atoms. The van der Waals surface area contributed by atoms with Gasteiger partial charge < -0.3 is 5.32 Å². The number of hydrogen-bond acceptors (Lipinski definition) is 3. The van der Waals surface area contributed by atoms with Crippen LogP contribution in [0, 0.1) is 0 Å². The first-order chi connectivity index (χ1) is 9.50. The average molecular weight is 288 g/mol. The van der Waals surface area contributed by atoms with E-state index in [-0.39, 0.29) is 6.54 Å². The molecule has 0 aliphatic carbocycles. The fourth-order valence-electron chi connectivity index (χ4n) is 1.63. The summed E-state index contributed by atoms with van der Waals surface area (Å²) in [7, 11) is 0. The molecule has 1 aromatic heterocycles. The van der Waals surface area contributed by atoms with Crippen molar-refractivity contribution in [1.82, 2.24) is 20.7 Å². The number of H-pyrrole nitrogens is 1. The van der Waals surface area contributed by atoms with Crippen molar-refractivity contribution >= 4 is 0 Å². The first kappa shape index (κ1) is 14.4. The Labute approximate surface area is 112 Å². The van der Waals surface area contributed by atoms with Crippen molar-refractivity contribution in [3.63, 3.8) is 0 Å². The van der Waals surface area contributed by atoms with Crippen molar-refractivity contribution in [3.05, 3.63) is 36.0 Å². The van der Waals surface area contributed by atoms with E-state index in [4.69, 9.17) is 0 Å². The number of benzene rings is 1. The third-order valence-corrected chi connectivity index (χ3v) is 2.64. The van der Waals surface area contributed by atoms with Gasteiger partial charge in [-0.2, -0.15) is 24.2 Å². The number of halogens is 4. The Morgan fingerprint density at radius 2 is 1.85 bits per heavy atom. The van der Waals surface area contributed by atoms with Crippen LogP contribution >= 0.6 is 0 Å². The maximum atomic E-state index is 12.7. The summed E-state index contributed by atoms with van der Waals surface area (Å²) in [6.07, 6.45) is -3.69. The van der Waals surface area contributed by atoms with Gasteiger partial charge in [0.05, 0.1) is 6.54 Å². The van der Waals surface area contributed by atoms with E-state index < -0.39 is 18.9 Å². The number of alkyl halides is 4. The molecule has 0 saturated carbocycles. The number of nitrogens with zero attached hydrogens (tertiary/aromatic N) is 2. The van der Waals surface area contributed by atoms with Gasteiger partial charge in [0.25, 0.3) is 0 Å². The highest BCUT2D eigenvalue weighted by Gasteiger charge is 2.40. The predicted molar refractivity (Wildman–Crippen MR) is 64.5 cm³/mol. The van der Waals surface area contributed by atoms with Crippen LogP contribution in [-0.2, 0) is 6.54 Å². The molecule has 0 amide bonds. The largest absolute Gasteiger partial charge is 0.319 e. The fraction of sp³-hybridized carbons (Fsp3) is 0.333. The molecule has 2 aromatic rings. The van der Waals surface area contributed by atoms with Crippen molar-refractivity contribution in [3.8, 4) is 11.3 Å². The molecule has 0 atom stereocenters. The lowest BCUT2D eigenvalue weighted by Gasteiger charge is -2.15. The second-order valence-electron chi connectivity index (χ2n) is 4.15. The summed E-state index contributed by atoms with van der Waals surface area (Å²) in [6, 6.07) is 8.99. The number of nitrogens with one attached hydrogen (secondary N) is 2. The summed E-state index contributed by atoms with van der Waals surface area (Å²) >= 11 is 0. The highest BCUT2D eigenvalue weighted by atomic mass is 19.3. The van der Waals surface area contributed by atoms with Gasteiger partial charge in [-0.25, -0.2) is 8.78 Å². The van der Waals surface area contributed by atoms with Crippen molar-refractivity contribution in [2.75, 3.05) is 6.54 Å². The molecule has 0 radical (unpaired) electrons. The lowest BCUT2D eigenvalue weighted by molar-refractivity contribution is -0.125. The van der Waals surface area contributed by atoms with Crippen LogP contribution in [-0.4, -0.2) is 34.3 Å². The molecule has 2 rings (SSSR count). The minimum atomic E-state index is -4.06.